The van der Waals surface area contributed by atoms with Gasteiger partial charge in [0.1, 0.15) is 5.75 Å². The number of alkyl halides is 5. The van der Waals surface area contributed by atoms with Crippen molar-refractivity contribution in [2.24, 2.45) is 0 Å². The second-order valence-electron chi connectivity index (χ2n) is 5.57. The number of ether oxygens (including phenoxy) is 1. The lowest BCUT2D eigenvalue weighted by atomic mass is 10.4. The van der Waals surface area contributed by atoms with Gasteiger partial charge in [0.25, 0.3) is 11.8 Å². The van der Waals surface area contributed by atoms with E-state index in [0.717, 1.165) is 40.4 Å². The zero-order valence-corrected chi connectivity index (χ0v) is 16.3. The average molecular weight is 471 g/mol. The molecule has 3 aromatic rings. The number of aromatic nitrogens is 4. The number of halogens is 5. The molecule has 0 radical (unpaired) electrons. The zero-order valence-electron chi connectivity index (χ0n) is 14.7. The number of thiazole rings is 1. The molecule has 162 valence electrons. The third kappa shape index (κ3) is 5.38. The Kier molecular flexibility index (Phi) is 5.89. The van der Waals surface area contributed by atoms with E-state index < -0.39 is 34.5 Å². The summed E-state index contributed by atoms with van der Waals surface area (Å²) in [6, 6.07) is 0.858. The molecule has 16 heteroatoms. The fraction of sp³-hybridized carbons (Fsp3) is 0.286. The monoisotopic (exact) mass is 471 g/mol. The molecule has 0 saturated heterocycles. The first-order chi connectivity index (χ1) is 13.9. The van der Waals surface area contributed by atoms with Gasteiger partial charge in [-0.05, 0) is 0 Å². The van der Waals surface area contributed by atoms with E-state index in [4.69, 9.17) is 4.42 Å². The van der Waals surface area contributed by atoms with E-state index in [0.29, 0.717) is 4.88 Å². The van der Waals surface area contributed by atoms with Crippen LogP contribution in [-0.4, -0.2) is 41.2 Å². The van der Waals surface area contributed by atoms with E-state index >= 15 is 0 Å². The highest BCUT2D eigenvalue weighted by atomic mass is 32.2. The molecule has 0 unspecified atom stereocenters. The smallest absolute Gasteiger partial charge is 0.413 e. The van der Waals surface area contributed by atoms with Crippen LogP contribution in [0.4, 0.5) is 27.6 Å². The minimum absolute atomic E-state index is 0.0603. The Bertz CT molecular complexity index is 1130. The minimum Gasteiger partial charge on any atom is -0.413 e. The van der Waals surface area contributed by atoms with E-state index in [-0.39, 0.29) is 23.1 Å². The van der Waals surface area contributed by atoms with E-state index in [2.05, 4.69) is 24.9 Å². The number of sulfonamides is 1. The van der Waals surface area contributed by atoms with Crippen molar-refractivity contribution >= 4 is 27.0 Å². The van der Waals surface area contributed by atoms with Gasteiger partial charge in [-0.1, -0.05) is 0 Å². The zero-order chi connectivity index (χ0) is 22.1. The molecule has 3 heterocycles. The first-order valence-corrected chi connectivity index (χ1v) is 10.3. The summed E-state index contributed by atoms with van der Waals surface area (Å²) in [6.07, 6.45) is -4.04. The van der Waals surface area contributed by atoms with Crippen molar-refractivity contribution in [3.05, 3.63) is 35.4 Å². The molecule has 3 aromatic heterocycles. The lowest BCUT2D eigenvalue weighted by molar-refractivity contribution is -0.274. The summed E-state index contributed by atoms with van der Waals surface area (Å²) in [5.74, 6) is -1.88. The van der Waals surface area contributed by atoms with Gasteiger partial charge < -0.3 is 9.15 Å². The van der Waals surface area contributed by atoms with E-state index in [1.807, 2.05) is 0 Å². The van der Waals surface area contributed by atoms with Crippen LogP contribution in [0.3, 0.4) is 0 Å². The molecule has 9 nitrogen and oxygen atoms in total. The first kappa shape index (κ1) is 21.8. The quantitative estimate of drug-likeness (QED) is 0.482. The Balaban J connectivity index is 1.87. The van der Waals surface area contributed by atoms with Crippen LogP contribution < -0.4 is 9.04 Å². The predicted octanol–water partition coefficient (Wildman–Crippen LogP) is 3.39. The topological polar surface area (TPSA) is 111 Å². The van der Waals surface area contributed by atoms with Crippen molar-refractivity contribution in [2.75, 3.05) is 10.6 Å². The number of hydrogen-bond donors (Lipinski definition) is 0. The largest absolute Gasteiger partial charge is 0.573 e. The Hall–Kier alpha value is -2.88. The first-order valence-electron chi connectivity index (χ1n) is 7.67. The van der Waals surface area contributed by atoms with Gasteiger partial charge in [0.05, 0.1) is 30.9 Å². The summed E-state index contributed by atoms with van der Waals surface area (Å²) >= 11 is 0.874. The Morgan fingerprint density at radius 3 is 2.57 bits per heavy atom. The van der Waals surface area contributed by atoms with Crippen molar-refractivity contribution in [2.45, 2.75) is 19.3 Å². The molecule has 0 aliphatic carbocycles. The van der Waals surface area contributed by atoms with Gasteiger partial charge in [0.15, 0.2) is 5.01 Å². The van der Waals surface area contributed by atoms with Crippen LogP contribution in [0.1, 0.15) is 17.2 Å². The third-order valence-corrected chi connectivity index (χ3v) is 5.39. The molecule has 3 rings (SSSR count). The van der Waals surface area contributed by atoms with Crippen molar-refractivity contribution in [1.29, 1.82) is 0 Å². The van der Waals surface area contributed by atoms with E-state index in [1.54, 1.807) is 0 Å². The van der Waals surface area contributed by atoms with Crippen molar-refractivity contribution in [1.82, 2.24) is 20.2 Å². The summed E-state index contributed by atoms with van der Waals surface area (Å²) in [5, 5.41) is 6.67. The second kappa shape index (κ2) is 8.10. The molecular formula is C14H10F5N5O4S2. The van der Waals surface area contributed by atoms with Crippen molar-refractivity contribution < 1.29 is 39.5 Å². The van der Waals surface area contributed by atoms with Crippen LogP contribution in [-0.2, 0) is 16.6 Å². The number of nitrogens with zero attached hydrogens (tertiary/aromatic N) is 5. The minimum atomic E-state index is -4.98. The molecule has 0 aromatic carbocycles. The van der Waals surface area contributed by atoms with Gasteiger partial charge in [0.2, 0.25) is 10.0 Å². The van der Waals surface area contributed by atoms with Gasteiger partial charge in [0, 0.05) is 17.1 Å². The molecule has 0 amide bonds. The lowest BCUT2D eigenvalue weighted by Crippen LogP contribution is -2.29. The fourth-order valence-corrected chi connectivity index (χ4v) is 3.92. The summed E-state index contributed by atoms with van der Waals surface area (Å²) in [4.78, 5) is 7.80. The summed E-state index contributed by atoms with van der Waals surface area (Å²) in [5.41, 5.74) is -0.188. The van der Waals surface area contributed by atoms with Gasteiger partial charge in [-0.25, -0.2) is 13.4 Å². The Labute approximate surface area is 169 Å². The second-order valence-corrected chi connectivity index (χ2v) is 8.60. The number of pyridine rings is 1. The highest BCUT2D eigenvalue weighted by Gasteiger charge is 2.32. The summed E-state index contributed by atoms with van der Waals surface area (Å²) in [6.45, 7) is -0.330. The van der Waals surface area contributed by atoms with Crippen molar-refractivity contribution in [3.63, 3.8) is 0 Å². The maximum absolute atomic E-state index is 12.6. The molecule has 0 atom stereocenters. The molecule has 0 aliphatic rings. The number of hydrogen-bond acceptors (Lipinski definition) is 9. The van der Waals surface area contributed by atoms with Gasteiger partial charge in [-0.3, -0.25) is 9.29 Å². The SMILES string of the molecule is CS(=O)(=O)N(Cc1cnc(-c2nnc(C(F)F)o2)s1)c1cncc(OC(F)(F)F)c1. The van der Waals surface area contributed by atoms with Crippen LogP contribution in [0.5, 0.6) is 5.75 Å². The molecule has 0 bridgehead atoms. The fourth-order valence-electron chi connectivity index (χ4n) is 2.16. The van der Waals surface area contributed by atoms with Crippen LogP contribution in [0.15, 0.2) is 29.1 Å². The van der Waals surface area contributed by atoms with Gasteiger partial charge in [-0.15, -0.1) is 34.7 Å². The molecule has 0 saturated carbocycles. The number of anilines is 1. The normalized spacial score (nSPS) is 12.4. The molecule has 0 fully saturated rings. The highest BCUT2D eigenvalue weighted by Crippen LogP contribution is 2.31. The summed E-state index contributed by atoms with van der Waals surface area (Å²) < 4.78 is 96.0. The molecular weight excluding hydrogens is 461 g/mol. The van der Waals surface area contributed by atoms with E-state index in [9.17, 15) is 30.4 Å². The molecule has 0 N–H and O–H groups in total. The van der Waals surface area contributed by atoms with Crippen molar-refractivity contribution in [3.8, 4) is 16.6 Å². The van der Waals surface area contributed by atoms with Gasteiger partial charge in [-0.2, -0.15) is 8.78 Å². The van der Waals surface area contributed by atoms with Crippen LogP contribution in [0.2, 0.25) is 0 Å². The molecule has 30 heavy (non-hydrogen) atoms. The van der Waals surface area contributed by atoms with Crippen LogP contribution >= 0.6 is 11.3 Å². The Morgan fingerprint density at radius 1 is 1.23 bits per heavy atom. The summed E-state index contributed by atoms with van der Waals surface area (Å²) in [7, 11) is -3.95. The predicted molar refractivity (Wildman–Crippen MR) is 92.3 cm³/mol. The highest BCUT2D eigenvalue weighted by molar-refractivity contribution is 7.92. The maximum atomic E-state index is 12.6. The standard InChI is InChI=1S/C14H10F5N5O4S2/c1-30(25,26)24(7-2-8(4-20-3-7)28-14(17,18)19)6-9-5-21-13(29-9)12-23-22-11(27-12)10(15)16/h2-5,10H,6H2,1H3. The molecule has 0 aliphatic heterocycles. The third-order valence-electron chi connectivity index (χ3n) is 3.28. The van der Waals surface area contributed by atoms with Crippen LogP contribution in [0, 0.1) is 0 Å². The van der Waals surface area contributed by atoms with Gasteiger partial charge >= 0.3 is 12.8 Å². The van der Waals surface area contributed by atoms with E-state index in [1.165, 1.54) is 6.20 Å². The Morgan fingerprint density at radius 2 is 1.97 bits per heavy atom. The van der Waals surface area contributed by atoms with Crippen LogP contribution in [0.25, 0.3) is 10.9 Å². The lowest BCUT2D eigenvalue weighted by Gasteiger charge is -2.21. The molecule has 0 spiro atoms. The maximum Gasteiger partial charge on any atom is 0.573 e. The average Bonchev–Trinajstić information content (AvgIpc) is 3.26. The number of rotatable bonds is 7.